The van der Waals surface area contributed by atoms with Crippen molar-refractivity contribution in [3.8, 4) is 0 Å². The van der Waals surface area contributed by atoms with Gasteiger partial charge in [-0.1, -0.05) is 0 Å². The molecular formula is C21H29N5O4. The topological polar surface area (TPSA) is 103 Å². The predicted octanol–water partition coefficient (Wildman–Crippen LogP) is 2.55. The molecule has 2 aliphatic heterocycles. The average Bonchev–Trinajstić information content (AvgIpc) is 3.02. The molecule has 4 rings (SSSR count). The van der Waals surface area contributed by atoms with Gasteiger partial charge in [0.05, 0.1) is 17.6 Å². The molecule has 2 aromatic rings. The molecule has 0 bridgehead atoms. The summed E-state index contributed by atoms with van der Waals surface area (Å²) in [6.45, 7) is 7.99. The van der Waals surface area contributed by atoms with Crippen LogP contribution >= 0.6 is 0 Å². The largest absolute Gasteiger partial charge is 0.444 e. The molecule has 30 heavy (non-hydrogen) atoms. The molecule has 2 fully saturated rings. The Bertz CT molecular complexity index is 956. The lowest BCUT2D eigenvalue weighted by Gasteiger charge is -2.34. The quantitative estimate of drug-likeness (QED) is 0.809. The highest BCUT2D eigenvalue weighted by Gasteiger charge is 2.29. The number of piperidine rings is 1. The van der Waals surface area contributed by atoms with E-state index in [1.807, 2.05) is 43.5 Å². The molecule has 1 aromatic carbocycles. The number of carbonyl (C=O) groups is 2. The molecule has 1 aromatic heterocycles. The lowest BCUT2D eigenvalue weighted by molar-refractivity contribution is -0.125. The van der Waals surface area contributed by atoms with Gasteiger partial charge in [0.1, 0.15) is 12.2 Å². The van der Waals surface area contributed by atoms with Gasteiger partial charge in [0, 0.05) is 31.4 Å². The zero-order valence-electron chi connectivity index (χ0n) is 17.8. The minimum absolute atomic E-state index is 0.0532. The standard InChI is InChI=1S/C21H29N5O4/c1-21(2,3)30-20(28)24-8-6-14(7-9-24)26-17-5-4-15(12-16(17)23-19(26)22)25-10-11-29-13-18(25)27/h4-5,12,14H,6-11,13H2,1-3H3,(H2,22,23). The summed E-state index contributed by atoms with van der Waals surface area (Å²) in [5.74, 6) is 0.397. The summed E-state index contributed by atoms with van der Waals surface area (Å²) in [7, 11) is 0. The molecule has 0 radical (unpaired) electrons. The minimum Gasteiger partial charge on any atom is -0.444 e. The summed E-state index contributed by atoms with van der Waals surface area (Å²) in [6, 6.07) is 5.96. The van der Waals surface area contributed by atoms with Crippen LogP contribution in [0.5, 0.6) is 0 Å². The molecule has 9 heteroatoms. The van der Waals surface area contributed by atoms with Crippen LogP contribution in [-0.4, -0.2) is 64.9 Å². The highest BCUT2D eigenvalue weighted by atomic mass is 16.6. The number of ether oxygens (including phenoxy) is 2. The van der Waals surface area contributed by atoms with Gasteiger partial charge in [-0.15, -0.1) is 0 Å². The summed E-state index contributed by atoms with van der Waals surface area (Å²) < 4.78 is 12.7. The third-order valence-corrected chi connectivity index (χ3v) is 5.48. The molecule has 162 valence electrons. The highest BCUT2D eigenvalue weighted by molar-refractivity contribution is 5.96. The first-order valence-corrected chi connectivity index (χ1v) is 10.4. The number of nitrogen functional groups attached to an aromatic ring is 1. The van der Waals surface area contributed by atoms with Gasteiger partial charge in [-0.25, -0.2) is 9.78 Å². The van der Waals surface area contributed by atoms with Gasteiger partial charge in [0.15, 0.2) is 0 Å². The Hall–Kier alpha value is -2.81. The number of likely N-dealkylation sites (tertiary alicyclic amines) is 1. The van der Waals surface area contributed by atoms with E-state index in [9.17, 15) is 9.59 Å². The fourth-order valence-electron chi connectivity index (χ4n) is 4.08. The average molecular weight is 415 g/mol. The van der Waals surface area contributed by atoms with Gasteiger partial charge in [0.25, 0.3) is 5.91 Å². The normalized spacial score (nSPS) is 18.8. The maximum atomic E-state index is 12.3. The first-order chi connectivity index (χ1) is 14.2. The summed E-state index contributed by atoms with van der Waals surface area (Å²) in [6.07, 6.45) is 1.28. The van der Waals surface area contributed by atoms with Crippen LogP contribution in [0.3, 0.4) is 0 Å². The van der Waals surface area contributed by atoms with E-state index < -0.39 is 5.60 Å². The van der Waals surface area contributed by atoms with E-state index in [1.54, 1.807) is 9.80 Å². The van der Waals surface area contributed by atoms with E-state index in [-0.39, 0.29) is 24.6 Å². The van der Waals surface area contributed by atoms with E-state index in [4.69, 9.17) is 15.2 Å². The number of nitrogens with two attached hydrogens (primary N) is 1. The predicted molar refractivity (Wildman–Crippen MR) is 113 cm³/mol. The fraction of sp³-hybridized carbons (Fsp3) is 0.571. The molecule has 2 N–H and O–H groups in total. The van der Waals surface area contributed by atoms with Crippen LogP contribution in [0.15, 0.2) is 18.2 Å². The molecule has 0 saturated carbocycles. The van der Waals surface area contributed by atoms with Gasteiger partial charge in [-0.2, -0.15) is 0 Å². The lowest BCUT2D eigenvalue weighted by atomic mass is 10.0. The Morgan fingerprint density at radius 2 is 1.97 bits per heavy atom. The SMILES string of the molecule is CC(C)(C)OC(=O)N1CCC(n2c(N)nc3cc(N4CCOCC4=O)ccc32)CC1. The van der Waals surface area contributed by atoms with Crippen molar-refractivity contribution >= 4 is 34.7 Å². The second-order valence-electron chi connectivity index (χ2n) is 8.81. The van der Waals surface area contributed by atoms with Crippen molar-refractivity contribution in [3.63, 3.8) is 0 Å². The number of fused-ring (bicyclic) bond motifs is 1. The van der Waals surface area contributed by atoms with Gasteiger partial charge >= 0.3 is 6.09 Å². The molecule has 0 spiro atoms. The summed E-state index contributed by atoms with van der Waals surface area (Å²) in [5, 5.41) is 0. The van der Waals surface area contributed by atoms with Crippen molar-refractivity contribution in [3.05, 3.63) is 18.2 Å². The van der Waals surface area contributed by atoms with Crippen LogP contribution in [-0.2, 0) is 14.3 Å². The van der Waals surface area contributed by atoms with Crippen LogP contribution in [0.2, 0.25) is 0 Å². The van der Waals surface area contributed by atoms with Crippen molar-refractivity contribution < 1.29 is 19.1 Å². The second kappa shape index (κ2) is 7.79. The van der Waals surface area contributed by atoms with Crippen molar-refractivity contribution in [2.75, 3.05) is 43.5 Å². The fourth-order valence-corrected chi connectivity index (χ4v) is 4.08. The summed E-state index contributed by atoms with van der Waals surface area (Å²) in [5.41, 5.74) is 8.27. The molecule has 2 aliphatic rings. The molecule has 3 heterocycles. The summed E-state index contributed by atoms with van der Waals surface area (Å²) in [4.78, 5) is 32.5. The van der Waals surface area contributed by atoms with Crippen molar-refractivity contribution in [2.24, 2.45) is 0 Å². The number of benzene rings is 1. The Kier molecular flexibility index (Phi) is 5.31. The van der Waals surface area contributed by atoms with Gasteiger partial charge in [-0.05, 0) is 51.8 Å². The second-order valence-corrected chi connectivity index (χ2v) is 8.81. The maximum absolute atomic E-state index is 12.3. The smallest absolute Gasteiger partial charge is 0.410 e. The molecule has 2 amide bonds. The zero-order valence-corrected chi connectivity index (χ0v) is 17.8. The number of imidazole rings is 1. The third-order valence-electron chi connectivity index (χ3n) is 5.48. The molecule has 9 nitrogen and oxygen atoms in total. The Balaban J connectivity index is 1.50. The van der Waals surface area contributed by atoms with Crippen molar-refractivity contribution in [1.29, 1.82) is 0 Å². The number of aromatic nitrogens is 2. The molecule has 2 saturated heterocycles. The number of anilines is 2. The zero-order chi connectivity index (χ0) is 21.5. The number of carbonyl (C=O) groups excluding carboxylic acids is 2. The van der Waals surface area contributed by atoms with E-state index in [2.05, 4.69) is 4.98 Å². The van der Waals surface area contributed by atoms with Gasteiger partial charge in [0.2, 0.25) is 5.95 Å². The van der Waals surface area contributed by atoms with Crippen LogP contribution in [0, 0.1) is 0 Å². The minimum atomic E-state index is -0.502. The number of amides is 2. The summed E-state index contributed by atoms with van der Waals surface area (Å²) >= 11 is 0. The maximum Gasteiger partial charge on any atom is 0.410 e. The first kappa shape index (κ1) is 20.5. The number of morpholine rings is 1. The van der Waals surface area contributed by atoms with Crippen LogP contribution < -0.4 is 10.6 Å². The number of nitrogens with zero attached hydrogens (tertiary/aromatic N) is 4. The molecule has 0 atom stereocenters. The van der Waals surface area contributed by atoms with E-state index in [0.717, 1.165) is 29.6 Å². The third kappa shape index (κ3) is 4.07. The Morgan fingerprint density at radius 1 is 1.23 bits per heavy atom. The molecular weight excluding hydrogens is 386 g/mol. The number of hydrogen-bond acceptors (Lipinski definition) is 6. The van der Waals surface area contributed by atoms with Crippen LogP contribution in [0.1, 0.15) is 39.7 Å². The lowest BCUT2D eigenvalue weighted by Crippen LogP contribution is -2.42. The van der Waals surface area contributed by atoms with Crippen molar-refractivity contribution in [1.82, 2.24) is 14.5 Å². The van der Waals surface area contributed by atoms with E-state index >= 15 is 0 Å². The van der Waals surface area contributed by atoms with E-state index in [1.165, 1.54) is 0 Å². The van der Waals surface area contributed by atoms with Gasteiger partial charge in [-0.3, -0.25) is 4.79 Å². The van der Waals surface area contributed by atoms with Crippen LogP contribution in [0.25, 0.3) is 11.0 Å². The monoisotopic (exact) mass is 415 g/mol. The van der Waals surface area contributed by atoms with E-state index in [0.29, 0.717) is 32.2 Å². The molecule has 0 unspecified atom stereocenters. The van der Waals surface area contributed by atoms with Crippen LogP contribution in [0.4, 0.5) is 16.4 Å². The van der Waals surface area contributed by atoms with Gasteiger partial charge < -0.3 is 29.6 Å². The van der Waals surface area contributed by atoms with Crippen molar-refractivity contribution in [2.45, 2.75) is 45.3 Å². The first-order valence-electron chi connectivity index (χ1n) is 10.4. The number of rotatable bonds is 2. The number of hydrogen-bond donors (Lipinski definition) is 1. The Labute approximate surface area is 175 Å². The highest BCUT2D eigenvalue weighted by Crippen LogP contribution is 2.32. The molecule has 0 aliphatic carbocycles. The Morgan fingerprint density at radius 3 is 2.63 bits per heavy atom.